The number of rotatable bonds is 3. The molecule has 0 aliphatic carbocycles. The molecule has 0 saturated carbocycles. The van der Waals surface area contributed by atoms with Crippen LogP contribution in [0.2, 0.25) is 0 Å². The molecule has 2 aromatic heterocycles. The van der Waals surface area contributed by atoms with Crippen molar-refractivity contribution in [2.75, 3.05) is 31.1 Å². The van der Waals surface area contributed by atoms with E-state index < -0.39 is 0 Å². The van der Waals surface area contributed by atoms with Crippen molar-refractivity contribution in [1.82, 2.24) is 30.0 Å². The number of urea groups is 1. The summed E-state index contributed by atoms with van der Waals surface area (Å²) in [6.07, 6.45) is 5.06. The van der Waals surface area contributed by atoms with Crippen LogP contribution in [0.5, 0.6) is 0 Å². The highest BCUT2D eigenvalue weighted by Crippen LogP contribution is 2.25. The zero-order valence-corrected chi connectivity index (χ0v) is 14.4. The number of aromatic nitrogens is 4. The Morgan fingerprint density at radius 3 is 2.74 bits per heavy atom. The molecule has 27 heavy (non-hydrogen) atoms. The van der Waals surface area contributed by atoms with Crippen molar-refractivity contribution in [3.8, 4) is 0 Å². The zero-order chi connectivity index (χ0) is 18.4. The van der Waals surface area contributed by atoms with Crippen LogP contribution in [0.15, 0.2) is 42.9 Å². The molecule has 2 fully saturated rings. The molecule has 9 nitrogen and oxygen atoms in total. The van der Waals surface area contributed by atoms with Gasteiger partial charge >= 0.3 is 6.03 Å². The SMILES string of the molecule is O=C(c1cnc2ccccc2n1)N1CC(n2cc(N3CCNC3=O)cn2)C1. The van der Waals surface area contributed by atoms with Crippen molar-refractivity contribution in [2.24, 2.45) is 0 Å². The van der Waals surface area contributed by atoms with Crippen molar-refractivity contribution in [1.29, 1.82) is 0 Å². The molecule has 5 rings (SSSR count). The van der Waals surface area contributed by atoms with Crippen LogP contribution in [-0.2, 0) is 0 Å². The summed E-state index contributed by atoms with van der Waals surface area (Å²) in [6.45, 7) is 2.39. The molecule has 0 radical (unpaired) electrons. The van der Waals surface area contributed by atoms with Crippen molar-refractivity contribution in [3.05, 3.63) is 48.5 Å². The van der Waals surface area contributed by atoms with Crippen molar-refractivity contribution in [2.45, 2.75) is 6.04 Å². The van der Waals surface area contributed by atoms with Gasteiger partial charge in [-0.2, -0.15) is 5.10 Å². The monoisotopic (exact) mass is 363 g/mol. The van der Waals surface area contributed by atoms with Crippen molar-refractivity contribution < 1.29 is 9.59 Å². The van der Waals surface area contributed by atoms with E-state index in [-0.39, 0.29) is 18.0 Å². The Kier molecular flexibility index (Phi) is 3.52. The Morgan fingerprint density at radius 2 is 1.96 bits per heavy atom. The molecule has 0 spiro atoms. The van der Waals surface area contributed by atoms with Crippen LogP contribution in [0.4, 0.5) is 10.5 Å². The summed E-state index contributed by atoms with van der Waals surface area (Å²) in [4.78, 5) is 36.5. The average molecular weight is 363 g/mol. The summed E-state index contributed by atoms with van der Waals surface area (Å²) in [6, 6.07) is 7.48. The molecular formula is C18H17N7O2. The van der Waals surface area contributed by atoms with Crippen LogP contribution in [-0.4, -0.2) is 62.8 Å². The second-order valence-corrected chi connectivity index (χ2v) is 6.67. The topological polar surface area (TPSA) is 96.3 Å². The molecule has 0 atom stereocenters. The molecule has 0 bridgehead atoms. The number of carbonyl (C=O) groups excluding carboxylic acids is 2. The first kappa shape index (κ1) is 15.7. The Bertz CT molecular complexity index is 1040. The van der Waals surface area contributed by atoms with Gasteiger partial charge in [-0.3, -0.25) is 19.4 Å². The van der Waals surface area contributed by atoms with Gasteiger partial charge in [-0.25, -0.2) is 9.78 Å². The van der Waals surface area contributed by atoms with E-state index in [2.05, 4.69) is 20.4 Å². The second-order valence-electron chi connectivity index (χ2n) is 6.67. The Morgan fingerprint density at radius 1 is 1.15 bits per heavy atom. The highest BCUT2D eigenvalue weighted by atomic mass is 16.2. The minimum absolute atomic E-state index is 0.0989. The maximum Gasteiger partial charge on any atom is 0.322 e. The molecule has 9 heteroatoms. The van der Waals surface area contributed by atoms with Gasteiger partial charge in [0.25, 0.3) is 5.91 Å². The van der Waals surface area contributed by atoms with Crippen molar-refractivity contribution >= 4 is 28.7 Å². The number of hydrogen-bond acceptors (Lipinski definition) is 5. The van der Waals surface area contributed by atoms with Gasteiger partial charge < -0.3 is 10.2 Å². The van der Waals surface area contributed by atoms with E-state index in [0.717, 1.165) is 11.2 Å². The largest absolute Gasteiger partial charge is 0.336 e. The van der Waals surface area contributed by atoms with E-state index in [0.29, 0.717) is 37.4 Å². The Labute approximate surface area is 154 Å². The first-order chi connectivity index (χ1) is 13.2. The number of amides is 3. The number of hydrogen-bond donors (Lipinski definition) is 1. The third-order valence-electron chi connectivity index (χ3n) is 4.95. The first-order valence-electron chi connectivity index (χ1n) is 8.79. The van der Waals surface area contributed by atoms with Gasteiger partial charge in [-0.15, -0.1) is 0 Å². The minimum atomic E-state index is -0.129. The molecule has 2 aliphatic rings. The fraction of sp³-hybridized carbons (Fsp3) is 0.278. The smallest absolute Gasteiger partial charge is 0.322 e. The van der Waals surface area contributed by atoms with E-state index in [9.17, 15) is 9.59 Å². The summed E-state index contributed by atoms with van der Waals surface area (Å²) < 4.78 is 1.82. The second kappa shape index (κ2) is 6.04. The van der Waals surface area contributed by atoms with Crippen LogP contribution in [0.25, 0.3) is 11.0 Å². The minimum Gasteiger partial charge on any atom is -0.336 e. The van der Waals surface area contributed by atoms with Crippen LogP contribution in [0, 0.1) is 0 Å². The molecule has 136 valence electrons. The van der Waals surface area contributed by atoms with E-state index in [1.807, 2.05) is 35.1 Å². The maximum atomic E-state index is 12.6. The fourth-order valence-corrected chi connectivity index (χ4v) is 3.40. The summed E-state index contributed by atoms with van der Waals surface area (Å²) in [5.74, 6) is -0.129. The van der Waals surface area contributed by atoms with Gasteiger partial charge in [0.1, 0.15) is 5.69 Å². The number of para-hydroxylation sites is 2. The predicted octanol–water partition coefficient (Wildman–Crippen LogP) is 1.05. The third-order valence-corrected chi connectivity index (χ3v) is 4.95. The fourth-order valence-electron chi connectivity index (χ4n) is 3.40. The molecule has 4 heterocycles. The lowest BCUT2D eigenvalue weighted by Crippen LogP contribution is -2.51. The summed E-state index contributed by atoms with van der Waals surface area (Å²) in [5, 5.41) is 7.13. The van der Waals surface area contributed by atoms with Gasteiger partial charge in [0, 0.05) is 32.4 Å². The number of carbonyl (C=O) groups is 2. The lowest BCUT2D eigenvalue weighted by Gasteiger charge is -2.38. The summed E-state index contributed by atoms with van der Waals surface area (Å²) >= 11 is 0. The summed E-state index contributed by atoms with van der Waals surface area (Å²) in [5.41, 5.74) is 2.60. The predicted molar refractivity (Wildman–Crippen MR) is 97.5 cm³/mol. The number of likely N-dealkylation sites (tertiary alicyclic amines) is 1. The van der Waals surface area contributed by atoms with Crippen LogP contribution in [0.1, 0.15) is 16.5 Å². The number of nitrogens with zero attached hydrogens (tertiary/aromatic N) is 6. The van der Waals surface area contributed by atoms with E-state index in [4.69, 9.17) is 0 Å². The van der Waals surface area contributed by atoms with E-state index in [1.165, 1.54) is 6.20 Å². The molecule has 1 aromatic carbocycles. The molecule has 3 amide bonds. The van der Waals surface area contributed by atoms with E-state index in [1.54, 1.807) is 16.0 Å². The lowest BCUT2D eigenvalue weighted by molar-refractivity contribution is 0.0495. The molecule has 0 unspecified atom stereocenters. The normalized spacial score (nSPS) is 17.3. The molecule has 2 saturated heterocycles. The number of benzene rings is 1. The first-order valence-corrected chi connectivity index (χ1v) is 8.79. The van der Waals surface area contributed by atoms with Crippen LogP contribution < -0.4 is 10.2 Å². The molecule has 1 N–H and O–H groups in total. The highest BCUT2D eigenvalue weighted by molar-refractivity contribution is 5.94. The van der Waals surface area contributed by atoms with Gasteiger partial charge in [-0.05, 0) is 12.1 Å². The lowest BCUT2D eigenvalue weighted by atomic mass is 10.1. The molecule has 2 aliphatic heterocycles. The van der Waals surface area contributed by atoms with Gasteiger partial charge in [0.2, 0.25) is 0 Å². The zero-order valence-electron chi connectivity index (χ0n) is 14.4. The highest BCUT2D eigenvalue weighted by Gasteiger charge is 2.34. The van der Waals surface area contributed by atoms with Gasteiger partial charge in [0.15, 0.2) is 0 Å². The summed E-state index contributed by atoms with van der Waals surface area (Å²) in [7, 11) is 0. The number of fused-ring (bicyclic) bond motifs is 1. The Balaban J connectivity index is 1.26. The molecule has 3 aromatic rings. The standard InChI is InChI=1S/C18H17N7O2/c26-17(16-8-20-14-3-1-2-4-15(14)22-16)23-9-13(10-23)25-11-12(7-21-25)24-6-5-19-18(24)27/h1-4,7-8,11,13H,5-6,9-10H2,(H,19,27). The molecular weight excluding hydrogens is 346 g/mol. The van der Waals surface area contributed by atoms with Crippen LogP contribution in [0.3, 0.4) is 0 Å². The van der Waals surface area contributed by atoms with Gasteiger partial charge in [0.05, 0.1) is 35.2 Å². The number of nitrogens with one attached hydrogen (secondary N) is 1. The van der Waals surface area contributed by atoms with Crippen LogP contribution >= 0.6 is 0 Å². The Hall–Kier alpha value is -3.49. The average Bonchev–Trinajstić information content (AvgIpc) is 3.29. The third kappa shape index (κ3) is 2.67. The quantitative estimate of drug-likeness (QED) is 0.750. The van der Waals surface area contributed by atoms with E-state index >= 15 is 0 Å². The maximum absolute atomic E-state index is 12.6. The van der Waals surface area contributed by atoms with Crippen molar-refractivity contribution in [3.63, 3.8) is 0 Å². The number of anilines is 1. The van der Waals surface area contributed by atoms with Gasteiger partial charge in [-0.1, -0.05) is 12.1 Å².